The lowest BCUT2D eigenvalue weighted by molar-refractivity contribution is -0.136. The van der Waals surface area contributed by atoms with E-state index in [1.165, 1.54) is 19.3 Å². The lowest BCUT2D eigenvalue weighted by atomic mass is 9.71. The fourth-order valence-corrected chi connectivity index (χ4v) is 4.71. The van der Waals surface area contributed by atoms with E-state index < -0.39 is 6.10 Å². The highest BCUT2D eigenvalue weighted by atomic mass is 35.5. The number of rotatable bonds is 5. The molecule has 2 aliphatic rings. The molecule has 1 amide bonds. The molecule has 4 nitrogen and oxygen atoms in total. The van der Waals surface area contributed by atoms with Gasteiger partial charge in [-0.3, -0.25) is 4.79 Å². The van der Waals surface area contributed by atoms with Gasteiger partial charge in [0, 0.05) is 24.5 Å². The van der Waals surface area contributed by atoms with Gasteiger partial charge in [0.2, 0.25) is 5.91 Å². The Kier molecular flexibility index (Phi) is 8.41. The number of carbonyl (C=O) groups is 1. The van der Waals surface area contributed by atoms with Crippen LogP contribution in [0.15, 0.2) is 24.3 Å². The van der Waals surface area contributed by atoms with Crippen LogP contribution in [0.2, 0.25) is 5.02 Å². The SMILES string of the molecule is Cl.NCC1(CC(=O)N2CCC(C(O)c3ccc(Cl)cc3)CC2)CCCCC1. The normalized spacial score (nSPS) is 21.4. The van der Waals surface area contributed by atoms with E-state index in [-0.39, 0.29) is 29.6 Å². The third-order valence-corrected chi connectivity index (χ3v) is 6.68. The van der Waals surface area contributed by atoms with E-state index in [0.29, 0.717) is 18.0 Å². The molecule has 2 fully saturated rings. The van der Waals surface area contributed by atoms with Crippen LogP contribution in [0, 0.1) is 11.3 Å². The molecule has 6 heteroatoms. The van der Waals surface area contributed by atoms with E-state index in [0.717, 1.165) is 44.3 Å². The van der Waals surface area contributed by atoms with Gasteiger partial charge in [0.25, 0.3) is 0 Å². The molecule has 0 spiro atoms. The Hall–Kier alpha value is -0.810. The van der Waals surface area contributed by atoms with Crippen molar-refractivity contribution in [2.45, 2.75) is 57.5 Å². The summed E-state index contributed by atoms with van der Waals surface area (Å²) in [6.45, 7) is 2.08. The zero-order valence-electron chi connectivity index (χ0n) is 15.9. The van der Waals surface area contributed by atoms with Gasteiger partial charge in [0.15, 0.2) is 0 Å². The summed E-state index contributed by atoms with van der Waals surface area (Å²) in [6, 6.07) is 7.40. The van der Waals surface area contributed by atoms with Crippen molar-refractivity contribution in [3.8, 4) is 0 Å². The number of amides is 1. The predicted octanol–water partition coefficient (Wildman–Crippen LogP) is 4.33. The highest BCUT2D eigenvalue weighted by Crippen LogP contribution is 2.39. The fourth-order valence-electron chi connectivity index (χ4n) is 4.58. The molecule has 1 saturated heterocycles. The van der Waals surface area contributed by atoms with E-state index >= 15 is 0 Å². The molecule has 1 aromatic carbocycles. The summed E-state index contributed by atoms with van der Waals surface area (Å²) in [5, 5.41) is 11.3. The number of hydrogen-bond donors (Lipinski definition) is 2. The molecule has 3 rings (SSSR count). The first kappa shape index (κ1) is 22.5. The second-order valence-corrected chi connectivity index (χ2v) is 8.59. The van der Waals surface area contributed by atoms with Crippen LogP contribution in [0.25, 0.3) is 0 Å². The van der Waals surface area contributed by atoms with Crippen molar-refractivity contribution in [2.75, 3.05) is 19.6 Å². The Morgan fingerprint density at radius 3 is 2.33 bits per heavy atom. The number of hydrogen-bond acceptors (Lipinski definition) is 3. The first-order valence-corrected chi connectivity index (χ1v) is 10.3. The molecular weight excluding hydrogens is 383 g/mol. The maximum absolute atomic E-state index is 12.8. The Balaban J connectivity index is 0.00000261. The highest BCUT2D eigenvalue weighted by Gasteiger charge is 2.36. The number of aliphatic hydroxyl groups excluding tert-OH is 1. The number of nitrogens with two attached hydrogens (primary N) is 1. The molecule has 152 valence electrons. The molecule has 0 bridgehead atoms. The summed E-state index contributed by atoms with van der Waals surface area (Å²) in [7, 11) is 0. The van der Waals surface area contributed by atoms with Crippen LogP contribution in [-0.4, -0.2) is 35.5 Å². The van der Waals surface area contributed by atoms with Crippen LogP contribution in [0.1, 0.15) is 63.0 Å². The third kappa shape index (κ3) is 5.60. The zero-order valence-corrected chi connectivity index (χ0v) is 17.5. The molecular formula is C21H32Cl2N2O2. The van der Waals surface area contributed by atoms with Gasteiger partial charge < -0.3 is 15.7 Å². The van der Waals surface area contributed by atoms with Crippen LogP contribution < -0.4 is 5.73 Å². The molecule has 1 unspecified atom stereocenters. The minimum absolute atomic E-state index is 0. The summed E-state index contributed by atoms with van der Waals surface area (Å²) in [4.78, 5) is 14.8. The number of nitrogens with zero attached hydrogens (tertiary/aromatic N) is 1. The van der Waals surface area contributed by atoms with Crippen LogP contribution >= 0.6 is 24.0 Å². The van der Waals surface area contributed by atoms with Gasteiger partial charge in [-0.2, -0.15) is 0 Å². The van der Waals surface area contributed by atoms with Crippen LogP contribution in [-0.2, 0) is 4.79 Å². The molecule has 27 heavy (non-hydrogen) atoms. The quantitative estimate of drug-likeness (QED) is 0.752. The van der Waals surface area contributed by atoms with E-state index in [1.54, 1.807) is 0 Å². The van der Waals surface area contributed by atoms with Crippen molar-refractivity contribution in [1.29, 1.82) is 0 Å². The summed E-state index contributed by atoms with van der Waals surface area (Å²) >= 11 is 5.92. The number of likely N-dealkylation sites (tertiary alicyclic amines) is 1. The zero-order chi connectivity index (χ0) is 18.6. The highest BCUT2D eigenvalue weighted by molar-refractivity contribution is 6.30. The first-order valence-electron chi connectivity index (χ1n) is 9.94. The van der Waals surface area contributed by atoms with Crippen LogP contribution in [0.5, 0.6) is 0 Å². The van der Waals surface area contributed by atoms with Crippen molar-refractivity contribution in [2.24, 2.45) is 17.1 Å². The predicted molar refractivity (Wildman–Crippen MR) is 112 cm³/mol. The lowest BCUT2D eigenvalue weighted by Gasteiger charge is -2.39. The van der Waals surface area contributed by atoms with Crippen LogP contribution in [0.3, 0.4) is 0 Å². The average Bonchev–Trinajstić information content (AvgIpc) is 2.69. The Morgan fingerprint density at radius 1 is 1.19 bits per heavy atom. The second kappa shape index (κ2) is 10.1. The van der Waals surface area contributed by atoms with Crippen molar-refractivity contribution in [3.05, 3.63) is 34.9 Å². The van der Waals surface area contributed by atoms with E-state index in [2.05, 4.69) is 0 Å². The number of benzene rings is 1. The standard InChI is InChI=1S/C21H31ClN2O2.ClH/c22-18-6-4-16(5-7-18)20(26)17-8-12-24(13-9-17)19(25)14-21(15-23)10-2-1-3-11-21;/h4-7,17,20,26H,1-3,8-15,23H2;1H. The molecule has 1 atom stereocenters. The van der Waals surface area contributed by atoms with Gasteiger partial charge in [-0.25, -0.2) is 0 Å². The largest absolute Gasteiger partial charge is 0.388 e. The maximum Gasteiger partial charge on any atom is 0.223 e. The molecule has 1 aromatic rings. The minimum Gasteiger partial charge on any atom is -0.388 e. The van der Waals surface area contributed by atoms with Crippen molar-refractivity contribution in [1.82, 2.24) is 4.90 Å². The summed E-state index contributed by atoms with van der Waals surface area (Å²) in [6.07, 6.45) is 7.61. The summed E-state index contributed by atoms with van der Waals surface area (Å²) in [5.74, 6) is 0.440. The number of carbonyl (C=O) groups excluding carboxylic acids is 1. The Bertz CT molecular complexity index is 595. The Labute approximate surface area is 173 Å². The second-order valence-electron chi connectivity index (χ2n) is 8.16. The molecule has 1 heterocycles. The van der Waals surface area contributed by atoms with Crippen molar-refractivity contribution >= 4 is 29.9 Å². The average molecular weight is 415 g/mol. The van der Waals surface area contributed by atoms with Gasteiger partial charge >= 0.3 is 0 Å². The number of halogens is 2. The van der Waals surface area contributed by atoms with Gasteiger partial charge in [-0.1, -0.05) is 43.0 Å². The molecule has 1 aliphatic carbocycles. The number of piperidine rings is 1. The number of aliphatic hydroxyl groups is 1. The first-order chi connectivity index (χ1) is 12.5. The summed E-state index contributed by atoms with van der Waals surface area (Å²) in [5.41, 5.74) is 6.97. The van der Waals surface area contributed by atoms with Gasteiger partial charge in [-0.05, 0) is 61.3 Å². The van der Waals surface area contributed by atoms with Crippen molar-refractivity contribution < 1.29 is 9.90 Å². The van der Waals surface area contributed by atoms with Crippen LogP contribution in [0.4, 0.5) is 0 Å². The minimum atomic E-state index is -0.488. The topological polar surface area (TPSA) is 66.6 Å². The third-order valence-electron chi connectivity index (χ3n) is 6.42. The van der Waals surface area contributed by atoms with E-state index in [4.69, 9.17) is 17.3 Å². The smallest absolute Gasteiger partial charge is 0.223 e. The molecule has 0 radical (unpaired) electrons. The molecule has 0 aromatic heterocycles. The van der Waals surface area contributed by atoms with E-state index in [9.17, 15) is 9.90 Å². The van der Waals surface area contributed by atoms with Gasteiger partial charge in [0.05, 0.1) is 6.10 Å². The lowest BCUT2D eigenvalue weighted by Crippen LogP contribution is -2.44. The fraction of sp³-hybridized carbons (Fsp3) is 0.667. The van der Waals surface area contributed by atoms with Crippen molar-refractivity contribution in [3.63, 3.8) is 0 Å². The monoisotopic (exact) mass is 414 g/mol. The van der Waals surface area contributed by atoms with E-state index in [1.807, 2.05) is 29.2 Å². The maximum atomic E-state index is 12.8. The Morgan fingerprint density at radius 2 is 1.78 bits per heavy atom. The van der Waals surface area contributed by atoms with Gasteiger partial charge in [0.1, 0.15) is 0 Å². The molecule has 3 N–H and O–H groups in total. The molecule has 1 saturated carbocycles. The summed E-state index contributed by atoms with van der Waals surface area (Å²) < 4.78 is 0. The molecule has 1 aliphatic heterocycles. The van der Waals surface area contributed by atoms with Gasteiger partial charge in [-0.15, -0.1) is 12.4 Å².